The van der Waals surface area contributed by atoms with Crippen LogP contribution >= 0.6 is 0 Å². The summed E-state index contributed by atoms with van der Waals surface area (Å²) in [5.74, 6) is -5.25. The Morgan fingerprint density at radius 2 is 1.49 bits per heavy atom. The minimum absolute atomic E-state index is 0.0446. The van der Waals surface area contributed by atoms with E-state index >= 15 is 0 Å². The predicted octanol–water partition coefficient (Wildman–Crippen LogP) is 0.00870. The molecule has 0 saturated carbocycles. The first-order valence-electron chi connectivity index (χ1n) is 17.2. The molecule has 3 aromatic carbocycles. The Morgan fingerprint density at radius 1 is 0.891 bits per heavy atom. The number of nitrogens with one attached hydrogen (secondary N) is 2. The Morgan fingerprint density at radius 3 is 2.13 bits per heavy atom. The second-order valence-corrected chi connectivity index (χ2v) is 13.4. The van der Waals surface area contributed by atoms with Crippen molar-refractivity contribution in [1.29, 1.82) is 0 Å². The fraction of sp³-hybridized carbons (Fsp3) is 0.314. The summed E-state index contributed by atoms with van der Waals surface area (Å²) in [5, 5.41) is 25.8. The number of halogens is 3. The highest BCUT2D eigenvalue weighted by atomic mass is 19.4. The van der Waals surface area contributed by atoms with Gasteiger partial charge in [-0.25, -0.2) is 4.79 Å². The van der Waals surface area contributed by atoms with Crippen LogP contribution in [0.1, 0.15) is 74.7 Å². The van der Waals surface area contributed by atoms with Crippen LogP contribution in [0, 0.1) is 0 Å². The minimum Gasteiger partial charge on any atom is -0.423 e. The van der Waals surface area contributed by atoms with Crippen molar-refractivity contribution in [1.82, 2.24) is 20.6 Å². The number of fused-ring (bicyclic) bond motifs is 2. The number of hydroxylamine groups is 2. The molecule has 2 fully saturated rings. The van der Waals surface area contributed by atoms with Crippen molar-refractivity contribution in [3.05, 3.63) is 94.0 Å². The molecule has 2 saturated heterocycles. The zero-order valence-corrected chi connectivity index (χ0v) is 28.7. The third kappa shape index (κ3) is 7.71. The molecule has 284 valence electrons. The average Bonchev–Trinajstić information content (AvgIpc) is 3.93. The van der Waals surface area contributed by atoms with Crippen LogP contribution in [0.4, 0.5) is 13.2 Å². The number of rotatable bonds is 9. The van der Waals surface area contributed by atoms with E-state index in [1.807, 2.05) is 0 Å². The summed E-state index contributed by atoms with van der Waals surface area (Å²) >= 11 is 0. The van der Waals surface area contributed by atoms with Gasteiger partial charge in [-0.3, -0.25) is 24.0 Å². The number of nitrogens with zero attached hydrogens (tertiary/aromatic N) is 2. The van der Waals surface area contributed by atoms with Gasteiger partial charge in [0.1, 0.15) is 6.04 Å². The monoisotopic (exact) mass is 762 g/mol. The molecule has 4 aliphatic rings. The van der Waals surface area contributed by atoms with E-state index in [1.165, 1.54) is 30.3 Å². The highest BCUT2D eigenvalue weighted by Crippen LogP contribution is 2.36. The highest BCUT2D eigenvalue weighted by Gasteiger charge is 2.44. The molecule has 3 atom stereocenters. The summed E-state index contributed by atoms with van der Waals surface area (Å²) in [4.78, 5) is 84.9. The van der Waals surface area contributed by atoms with Crippen LogP contribution in [0.2, 0.25) is 0 Å². The third-order valence-electron chi connectivity index (χ3n) is 9.85. The van der Waals surface area contributed by atoms with E-state index in [0.717, 1.165) is 23.1 Å². The number of amides is 5. The number of likely N-dealkylation sites (tertiary alicyclic amines) is 1. The van der Waals surface area contributed by atoms with Gasteiger partial charge in [-0.2, -0.15) is 13.2 Å². The lowest BCUT2D eigenvalue weighted by molar-refractivity contribution is -0.198. The lowest BCUT2D eigenvalue weighted by Gasteiger charge is -2.28. The fourth-order valence-electron chi connectivity index (χ4n) is 7.08. The van der Waals surface area contributed by atoms with E-state index in [1.54, 1.807) is 12.1 Å². The number of carbonyl (C=O) groups excluding carboxylic acids is 6. The number of hydrogen-bond donors (Lipinski definition) is 4. The fourth-order valence-corrected chi connectivity index (χ4v) is 7.08. The van der Waals surface area contributed by atoms with Crippen molar-refractivity contribution in [2.45, 2.75) is 63.2 Å². The molecule has 55 heavy (non-hydrogen) atoms. The number of imide groups is 1. The van der Waals surface area contributed by atoms with Crippen molar-refractivity contribution >= 4 is 60.7 Å². The van der Waals surface area contributed by atoms with Gasteiger partial charge in [0.25, 0.3) is 23.6 Å². The Bertz CT molecular complexity index is 2090. The molecule has 15 nitrogen and oxygen atoms in total. The molecule has 7 rings (SSSR count). The normalized spacial score (nSPS) is 19.7. The van der Waals surface area contributed by atoms with Crippen LogP contribution in [0.5, 0.6) is 0 Å². The first-order valence-corrected chi connectivity index (χ1v) is 17.2. The molecule has 0 spiro atoms. The van der Waals surface area contributed by atoms with Crippen LogP contribution in [-0.2, 0) is 52.7 Å². The van der Waals surface area contributed by atoms with Gasteiger partial charge < -0.3 is 39.7 Å². The number of carbonyl (C=O) groups is 6. The predicted molar refractivity (Wildman–Crippen MR) is 182 cm³/mol. The maximum absolute atomic E-state index is 14.2. The summed E-state index contributed by atoms with van der Waals surface area (Å²) in [5.41, 5.74) is 0.527. The molecule has 0 aliphatic carbocycles. The molecular formula is C35H31B2F3N4O11. The first kappa shape index (κ1) is 37.7. The Hall–Kier alpha value is -5.56. The standard InChI is InChI=1S/C35H31B2F3N4O11/c38-35(39,40)24-4-2-1-3-23(24)27(14-31(47)55-44-29(45)9-10-30(44)46)42-33(49)28-13-22(41-32(48)18-5-7-20-16-53-36(51)25(20)11-18)15-43(28)34(50)19-6-8-21-17-54-37(52)26(21)12-19/h1-8,11-12,22,27-28,51-52H,9-10,13-17H2,(H,41,48)(H,42,49)/t22-,27+,28+/m1/s1. The maximum atomic E-state index is 14.2. The highest BCUT2D eigenvalue weighted by molar-refractivity contribution is 6.62. The molecule has 0 radical (unpaired) electrons. The van der Waals surface area contributed by atoms with Gasteiger partial charge in [0.15, 0.2) is 0 Å². The summed E-state index contributed by atoms with van der Waals surface area (Å²) in [6.07, 6.45) is -6.56. The van der Waals surface area contributed by atoms with Crippen LogP contribution in [-0.4, -0.2) is 88.4 Å². The van der Waals surface area contributed by atoms with Gasteiger partial charge in [-0.05, 0) is 64.4 Å². The van der Waals surface area contributed by atoms with Crippen LogP contribution in [0.15, 0.2) is 60.7 Å². The summed E-state index contributed by atoms with van der Waals surface area (Å²) in [6, 6.07) is 9.16. The maximum Gasteiger partial charge on any atom is 0.491 e. The van der Waals surface area contributed by atoms with Gasteiger partial charge in [0, 0.05) is 36.6 Å². The Labute approximate surface area is 310 Å². The van der Waals surface area contributed by atoms with Gasteiger partial charge in [0.05, 0.1) is 31.2 Å². The van der Waals surface area contributed by atoms with Crippen LogP contribution < -0.4 is 21.6 Å². The molecular weight excluding hydrogens is 731 g/mol. The second kappa shape index (κ2) is 14.9. The van der Waals surface area contributed by atoms with Crippen molar-refractivity contribution < 1.29 is 66.1 Å². The quantitative estimate of drug-likeness (QED) is 0.169. The van der Waals surface area contributed by atoms with Crippen molar-refractivity contribution in [2.75, 3.05) is 6.54 Å². The smallest absolute Gasteiger partial charge is 0.423 e. The van der Waals surface area contributed by atoms with Gasteiger partial charge in [-0.1, -0.05) is 30.3 Å². The van der Waals surface area contributed by atoms with E-state index in [-0.39, 0.29) is 55.2 Å². The molecule has 0 aromatic heterocycles. The molecule has 4 aliphatic heterocycles. The van der Waals surface area contributed by atoms with Crippen LogP contribution in [0.25, 0.3) is 0 Å². The lowest BCUT2D eigenvalue weighted by atomic mass is 9.78. The van der Waals surface area contributed by atoms with Gasteiger partial charge >= 0.3 is 26.4 Å². The van der Waals surface area contributed by atoms with E-state index in [4.69, 9.17) is 14.1 Å². The van der Waals surface area contributed by atoms with E-state index in [2.05, 4.69) is 10.6 Å². The van der Waals surface area contributed by atoms with E-state index < -0.39 is 91.6 Å². The Kier molecular flexibility index (Phi) is 10.2. The molecule has 0 bridgehead atoms. The van der Waals surface area contributed by atoms with Crippen molar-refractivity contribution in [3.8, 4) is 0 Å². The number of hydrogen-bond acceptors (Lipinski definition) is 11. The number of alkyl halides is 3. The largest absolute Gasteiger partial charge is 0.491 e. The Balaban J connectivity index is 1.17. The van der Waals surface area contributed by atoms with Crippen molar-refractivity contribution in [3.63, 3.8) is 0 Å². The molecule has 0 unspecified atom stereocenters. The van der Waals surface area contributed by atoms with Crippen molar-refractivity contribution in [2.24, 2.45) is 0 Å². The first-order chi connectivity index (χ1) is 26.2. The zero-order valence-electron chi connectivity index (χ0n) is 28.7. The molecule has 3 aromatic rings. The second-order valence-electron chi connectivity index (χ2n) is 13.4. The van der Waals surface area contributed by atoms with E-state index in [0.29, 0.717) is 22.1 Å². The zero-order chi connectivity index (χ0) is 39.2. The summed E-state index contributed by atoms with van der Waals surface area (Å²) in [7, 11) is -2.53. The molecule has 5 amide bonds. The van der Waals surface area contributed by atoms with Gasteiger partial charge in [0.2, 0.25) is 5.91 Å². The number of benzene rings is 3. The minimum atomic E-state index is -4.93. The van der Waals surface area contributed by atoms with E-state index in [9.17, 15) is 52.0 Å². The average molecular weight is 762 g/mol. The topological polar surface area (TPSA) is 201 Å². The van der Waals surface area contributed by atoms with Gasteiger partial charge in [-0.15, -0.1) is 5.06 Å². The summed E-state index contributed by atoms with van der Waals surface area (Å²) < 4.78 is 53.1. The van der Waals surface area contributed by atoms with Crippen LogP contribution in [0.3, 0.4) is 0 Å². The molecule has 4 N–H and O–H groups in total. The molecule has 20 heteroatoms. The SMILES string of the molecule is O=C(C[C@H](NC(=O)[C@@H]1C[C@@H](NC(=O)c2ccc3c(c2)B(O)OC3)CN1C(=O)c1ccc2c(c1)B(O)OC2)c1ccccc1C(F)(F)F)ON1C(=O)CCC1=O. The third-order valence-corrected chi connectivity index (χ3v) is 9.85. The molecule has 4 heterocycles. The lowest BCUT2D eigenvalue weighted by Crippen LogP contribution is -2.47. The summed E-state index contributed by atoms with van der Waals surface area (Å²) in [6.45, 7) is 0.0187.